The Morgan fingerprint density at radius 1 is 1.15 bits per heavy atom. The molecule has 0 fully saturated rings. The van der Waals surface area contributed by atoms with E-state index in [1.165, 1.54) is 17.8 Å². The summed E-state index contributed by atoms with van der Waals surface area (Å²) in [5.74, 6) is -0.625. The summed E-state index contributed by atoms with van der Waals surface area (Å²) in [5.41, 5.74) is 14.0. The van der Waals surface area contributed by atoms with Crippen LogP contribution in [0.3, 0.4) is 0 Å². The van der Waals surface area contributed by atoms with E-state index in [1.54, 1.807) is 48.5 Å². The van der Waals surface area contributed by atoms with Gasteiger partial charge in [0.25, 0.3) is 5.91 Å². The third-order valence-corrected chi connectivity index (χ3v) is 4.31. The van der Waals surface area contributed by atoms with Crippen LogP contribution in [0.5, 0.6) is 0 Å². The quantitative estimate of drug-likeness (QED) is 0.138. The Morgan fingerprint density at radius 2 is 1.81 bits per heavy atom. The Morgan fingerprint density at radius 3 is 2.41 bits per heavy atom. The smallest absolute Gasteiger partial charge is 0.328 e. The van der Waals surface area contributed by atoms with Crippen molar-refractivity contribution in [2.24, 2.45) is 16.1 Å². The van der Waals surface area contributed by atoms with E-state index < -0.39 is 5.97 Å². The van der Waals surface area contributed by atoms with Gasteiger partial charge in [0.1, 0.15) is 5.84 Å². The van der Waals surface area contributed by atoms with Crippen LogP contribution >= 0.6 is 11.8 Å². The van der Waals surface area contributed by atoms with Crippen molar-refractivity contribution in [1.82, 2.24) is 0 Å². The van der Waals surface area contributed by atoms with E-state index in [9.17, 15) is 9.59 Å². The van der Waals surface area contributed by atoms with Crippen molar-refractivity contribution in [2.45, 2.75) is 4.90 Å². The number of carbonyl (C=O) groups excluding carboxylic acids is 1. The van der Waals surface area contributed by atoms with E-state index in [0.29, 0.717) is 17.0 Å². The van der Waals surface area contributed by atoms with E-state index in [0.717, 1.165) is 16.5 Å². The van der Waals surface area contributed by atoms with Gasteiger partial charge in [-0.05, 0) is 48.0 Å². The fourth-order valence-corrected chi connectivity index (χ4v) is 2.70. The number of rotatable bonds is 8. The van der Waals surface area contributed by atoms with Crippen molar-refractivity contribution >= 4 is 41.2 Å². The Kier molecular flexibility index (Phi) is 7.26. The van der Waals surface area contributed by atoms with Crippen LogP contribution in [0, 0.1) is 5.53 Å². The molecule has 0 aromatic heterocycles. The molecule has 5 N–H and O–H groups in total. The van der Waals surface area contributed by atoms with Crippen LogP contribution in [0.2, 0.25) is 0 Å². The Balaban J connectivity index is 1.94. The van der Waals surface area contributed by atoms with Crippen molar-refractivity contribution < 1.29 is 14.7 Å². The number of carbonyl (C=O) groups is 2. The molecule has 2 aromatic rings. The number of amidine groups is 1. The molecule has 2 aromatic carbocycles. The molecule has 138 valence electrons. The molecule has 27 heavy (non-hydrogen) atoms. The summed E-state index contributed by atoms with van der Waals surface area (Å²) in [4.78, 5) is 23.7. The summed E-state index contributed by atoms with van der Waals surface area (Å²) >= 11 is 1.42. The van der Waals surface area contributed by atoms with Crippen molar-refractivity contribution in [2.75, 3.05) is 11.1 Å². The largest absolute Gasteiger partial charge is 0.478 e. The van der Waals surface area contributed by atoms with Crippen molar-refractivity contribution in [3.05, 3.63) is 65.7 Å². The molecule has 0 atom stereocenters. The third-order valence-electron chi connectivity index (χ3n) is 3.27. The normalized spacial score (nSPS) is 11.3. The first kappa shape index (κ1) is 19.9. The average molecular weight is 383 g/mol. The Bertz CT molecular complexity index is 877. The molecule has 0 saturated carbocycles. The summed E-state index contributed by atoms with van der Waals surface area (Å²) in [6.07, 6.45) is 2.52. The molecular formula is C18H17N5O3S. The van der Waals surface area contributed by atoms with Gasteiger partial charge in [-0.15, -0.1) is 16.9 Å². The number of carboxylic acid groups (broad SMARTS) is 1. The van der Waals surface area contributed by atoms with Gasteiger partial charge in [-0.25, -0.2) is 4.79 Å². The van der Waals surface area contributed by atoms with Crippen molar-refractivity contribution in [1.29, 1.82) is 5.53 Å². The molecule has 9 heteroatoms. The number of carboxylic acids is 1. The first-order valence-corrected chi connectivity index (χ1v) is 8.70. The molecule has 0 aliphatic carbocycles. The van der Waals surface area contributed by atoms with E-state index >= 15 is 0 Å². The monoisotopic (exact) mass is 383 g/mol. The zero-order valence-electron chi connectivity index (χ0n) is 14.1. The molecule has 8 nitrogen and oxygen atoms in total. The highest BCUT2D eigenvalue weighted by Crippen LogP contribution is 2.19. The zero-order valence-corrected chi connectivity index (χ0v) is 14.9. The number of nitrogens with one attached hydrogen (secondary N) is 2. The number of amides is 1. The van der Waals surface area contributed by atoms with Gasteiger partial charge in [0, 0.05) is 22.2 Å². The van der Waals surface area contributed by atoms with Crippen molar-refractivity contribution in [3.8, 4) is 0 Å². The number of nitrogens with two attached hydrogens (primary N) is 1. The highest BCUT2D eigenvalue weighted by atomic mass is 32.2. The number of anilines is 1. The summed E-state index contributed by atoms with van der Waals surface area (Å²) < 4.78 is 0. The van der Waals surface area contributed by atoms with Crippen LogP contribution in [-0.2, 0) is 4.79 Å². The molecule has 0 spiro atoms. The standard InChI is InChI=1S/C18H17N5O3S/c19-16(22-23-20)11-27-15-8-4-13(5-9-15)18(26)21-14-6-1-12(2-7-14)3-10-17(24)25/h1-10H,11H2,(H,21,26)(H,24,25)(H3,19,20,22)/b10-3+. The lowest BCUT2D eigenvalue weighted by molar-refractivity contribution is -0.131. The van der Waals surface area contributed by atoms with Gasteiger partial charge < -0.3 is 16.2 Å². The maximum absolute atomic E-state index is 12.3. The molecule has 0 aliphatic rings. The minimum atomic E-state index is -1.02. The van der Waals surface area contributed by atoms with Crippen LogP contribution in [0.4, 0.5) is 5.69 Å². The van der Waals surface area contributed by atoms with Crippen LogP contribution in [0.1, 0.15) is 15.9 Å². The average Bonchev–Trinajstić information content (AvgIpc) is 2.66. The molecule has 0 heterocycles. The van der Waals surface area contributed by atoms with Gasteiger partial charge in [-0.1, -0.05) is 17.4 Å². The Labute approximate surface area is 159 Å². The van der Waals surface area contributed by atoms with E-state index in [1.807, 2.05) is 0 Å². The lowest BCUT2D eigenvalue weighted by atomic mass is 10.1. The van der Waals surface area contributed by atoms with Crippen LogP contribution in [-0.4, -0.2) is 28.6 Å². The molecular weight excluding hydrogens is 366 g/mol. The van der Waals surface area contributed by atoms with E-state index in [-0.39, 0.29) is 11.7 Å². The predicted octanol–water partition coefficient (Wildman–Crippen LogP) is 3.43. The van der Waals surface area contributed by atoms with Crippen LogP contribution in [0.25, 0.3) is 6.08 Å². The number of nitrogens with zero attached hydrogens (tertiary/aromatic N) is 2. The summed E-state index contributed by atoms with van der Waals surface area (Å²) in [6.45, 7) is 0. The molecule has 0 unspecified atom stereocenters. The van der Waals surface area contributed by atoms with Gasteiger partial charge >= 0.3 is 5.97 Å². The molecule has 1 amide bonds. The number of benzene rings is 2. The van der Waals surface area contributed by atoms with Crippen LogP contribution in [0.15, 0.2) is 69.8 Å². The number of thioether (sulfide) groups is 1. The number of aliphatic carboxylic acids is 1. The zero-order chi connectivity index (χ0) is 19.6. The maximum atomic E-state index is 12.3. The minimum absolute atomic E-state index is 0.249. The predicted molar refractivity (Wildman–Crippen MR) is 105 cm³/mol. The van der Waals surface area contributed by atoms with Gasteiger partial charge in [-0.3, -0.25) is 4.79 Å². The van der Waals surface area contributed by atoms with Crippen LogP contribution < -0.4 is 11.1 Å². The lowest BCUT2D eigenvalue weighted by Crippen LogP contribution is -2.13. The van der Waals surface area contributed by atoms with E-state index in [4.69, 9.17) is 16.4 Å². The minimum Gasteiger partial charge on any atom is -0.478 e. The first-order valence-electron chi connectivity index (χ1n) is 7.72. The van der Waals surface area contributed by atoms with Gasteiger partial charge in [0.05, 0.1) is 5.75 Å². The third kappa shape index (κ3) is 6.75. The topological polar surface area (TPSA) is 141 Å². The highest BCUT2D eigenvalue weighted by Gasteiger charge is 2.06. The fourth-order valence-electron chi connectivity index (χ4n) is 2.00. The lowest BCUT2D eigenvalue weighted by Gasteiger charge is -2.07. The van der Waals surface area contributed by atoms with Gasteiger partial charge in [0.2, 0.25) is 0 Å². The first-order chi connectivity index (χ1) is 13.0. The summed E-state index contributed by atoms with van der Waals surface area (Å²) in [6, 6.07) is 13.8. The fraction of sp³-hybridized carbons (Fsp3) is 0.0556. The highest BCUT2D eigenvalue weighted by molar-refractivity contribution is 8.00. The second-order valence-electron chi connectivity index (χ2n) is 5.25. The Hall–Kier alpha value is -3.46. The second-order valence-corrected chi connectivity index (χ2v) is 6.30. The molecule has 0 radical (unpaired) electrons. The summed E-state index contributed by atoms with van der Waals surface area (Å²) in [7, 11) is 0. The second kappa shape index (κ2) is 9.88. The molecule has 2 rings (SSSR count). The SMILES string of the molecule is N=NN=C(N)CSc1ccc(C(=O)Nc2ccc(/C=C/C(=O)O)cc2)cc1. The van der Waals surface area contributed by atoms with E-state index in [2.05, 4.69) is 15.6 Å². The number of hydrogen-bond acceptors (Lipinski definition) is 5. The molecule has 0 aliphatic heterocycles. The molecule has 0 bridgehead atoms. The number of hydrogen-bond donors (Lipinski definition) is 4. The molecule has 0 saturated heterocycles. The van der Waals surface area contributed by atoms with Gasteiger partial charge in [0.15, 0.2) is 0 Å². The van der Waals surface area contributed by atoms with Gasteiger partial charge in [-0.2, -0.15) is 5.53 Å². The van der Waals surface area contributed by atoms with Crippen molar-refractivity contribution in [3.63, 3.8) is 0 Å². The maximum Gasteiger partial charge on any atom is 0.328 e. The summed E-state index contributed by atoms with van der Waals surface area (Å²) in [5, 5.41) is 17.7.